The number of carbonyl (C=O) groups excluding carboxylic acids is 2. The second-order valence-corrected chi connectivity index (χ2v) is 6.39. The van der Waals surface area contributed by atoms with Crippen molar-refractivity contribution in [1.82, 2.24) is 0 Å². The van der Waals surface area contributed by atoms with Crippen LogP contribution in [0.1, 0.15) is 23.0 Å². The summed E-state index contributed by atoms with van der Waals surface area (Å²) >= 11 is 5.92. The van der Waals surface area contributed by atoms with Crippen molar-refractivity contribution in [2.24, 2.45) is 0 Å². The maximum atomic E-state index is 13.7. The van der Waals surface area contributed by atoms with Crippen molar-refractivity contribution >= 4 is 40.1 Å². The lowest BCUT2D eigenvalue weighted by Gasteiger charge is -2.13. The number of furan rings is 1. The quantitative estimate of drug-likeness (QED) is 0.485. The van der Waals surface area contributed by atoms with E-state index < -0.39 is 41.1 Å². The predicted molar refractivity (Wildman–Crippen MR) is 95.8 cm³/mol. The van der Waals surface area contributed by atoms with Crippen molar-refractivity contribution < 1.29 is 31.9 Å². The summed E-state index contributed by atoms with van der Waals surface area (Å²) in [5.74, 6) is -6.64. The third-order valence-corrected chi connectivity index (χ3v) is 4.26. The van der Waals surface area contributed by atoms with Crippen molar-refractivity contribution in [1.29, 1.82) is 0 Å². The molecule has 28 heavy (non-hydrogen) atoms. The number of carbonyl (C=O) groups is 2. The number of nitrogens with one attached hydrogen (secondary N) is 1. The van der Waals surface area contributed by atoms with Crippen LogP contribution in [0.5, 0.6) is 0 Å². The number of rotatable bonds is 4. The maximum absolute atomic E-state index is 13.7. The summed E-state index contributed by atoms with van der Waals surface area (Å²) in [5, 5.41) is 3.11. The zero-order valence-corrected chi connectivity index (χ0v) is 15.4. The van der Waals surface area contributed by atoms with Gasteiger partial charge in [0.1, 0.15) is 5.58 Å². The summed E-state index contributed by atoms with van der Waals surface area (Å²) in [4.78, 5) is 24.5. The summed E-state index contributed by atoms with van der Waals surface area (Å²) in [6, 6.07) is 6.31. The van der Waals surface area contributed by atoms with Gasteiger partial charge in [0.2, 0.25) is 5.76 Å². The number of ether oxygens (including phenoxy) is 1. The highest BCUT2D eigenvalue weighted by Gasteiger charge is 2.25. The van der Waals surface area contributed by atoms with E-state index in [4.69, 9.17) is 20.8 Å². The summed E-state index contributed by atoms with van der Waals surface area (Å²) < 4.78 is 50.3. The van der Waals surface area contributed by atoms with E-state index in [0.717, 1.165) is 6.07 Å². The van der Waals surface area contributed by atoms with Gasteiger partial charge in [-0.1, -0.05) is 11.6 Å². The van der Waals surface area contributed by atoms with Gasteiger partial charge in [0.15, 0.2) is 23.6 Å². The number of halogens is 4. The molecule has 1 heterocycles. The van der Waals surface area contributed by atoms with Gasteiger partial charge in [-0.2, -0.15) is 0 Å². The molecule has 3 rings (SSSR count). The number of anilines is 1. The molecule has 0 spiro atoms. The van der Waals surface area contributed by atoms with E-state index >= 15 is 0 Å². The van der Waals surface area contributed by atoms with Gasteiger partial charge < -0.3 is 14.5 Å². The molecule has 9 heteroatoms. The van der Waals surface area contributed by atoms with E-state index in [1.54, 1.807) is 25.1 Å². The molecule has 0 aliphatic rings. The smallest absolute Gasteiger partial charge is 0.375 e. The minimum absolute atomic E-state index is 0.115. The second-order valence-electron chi connectivity index (χ2n) is 5.96. The Morgan fingerprint density at radius 3 is 2.57 bits per heavy atom. The monoisotopic (exact) mass is 411 g/mol. The Kier molecular flexibility index (Phi) is 5.33. The van der Waals surface area contributed by atoms with E-state index in [9.17, 15) is 22.8 Å². The Bertz CT molecular complexity index is 1100. The van der Waals surface area contributed by atoms with Gasteiger partial charge in [-0.25, -0.2) is 18.0 Å². The fraction of sp³-hybridized carbons (Fsp3) is 0.158. The summed E-state index contributed by atoms with van der Waals surface area (Å²) in [7, 11) is 0. The van der Waals surface area contributed by atoms with Crippen LogP contribution >= 0.6 is 11.6 Å². The van der Waals surface area contributed by atoms with E-state index in [1.165, 1.54) is 6.92 Å². The standard InChI is InChI=1S/C19H13ClF3NO4/c1-8-11-7-10(20)3-6-14(11)28-17(8)19(26)27-9(2)18(25)24-13-5-4-12(21)15(22)16(13)23/h3-7,9H,1-2H3,(H,24,25)/t9-/m0/s1. The molecule has 0 saturated heterocycles. The Morgan fingerprint density at radius 1 is 1.14 bits per heavy atom. The highest BCUT2D eigenvalue weighted by molar-refractivity contribution is 6.31. The van der Waals surface area contributed by atoms with Crippen LogP contribution < -0.4 is 5.32 Å². The molecule has 0 aliphatic carbocycles. The Hall–Kier alpha value is -3.00. The van der Waals surface area contributed by atoms with Crippen LogP contribution in [-0.4, -0.2) is 18.0 Å². The Balaban J connectivity index is 1.75. The third-order valence-electron chi connectivity index (χ3n) is 4.03. The summed E-state index contributed by atoms with van der Waals surface area (Å²) in [5.41, 5.74) is 0.304. The van der Waals surface area contributed by atoms with E-state index in [-0.39, 0.29) is 5.76 Å². The molecule has 146 valence electrons. The molecular formula is C19H13ClF3NO4. The van der Waals surface area contributed by atoms with Gasteiger partial charge in [0, 0.05) is 16.0 Å². The van der Waals surface area contributed by atoms with Gasteiger partial charge in [-0.15, -0.1) is 0 Å². The molecule has 1 amide bonds. The normalized spacial score (nSPS) is 12.1. The lowest BCUT2D eigenvalue weighted by molar-refractivity contribution is -0.123. The van der Waals surface area contributed by atoms with Crippen LogP contribution in [0, 0.1) is 24.4 Å². The summed E-state index contributed by atoms with van der Waals surface area (Å²) in [6.07, 6.45) is -1.36. The molecule has 3 aromatic rings. The number of fused-ring (bicyclic) bond motifs is 1. The van der Waals surface area contributed by atoms with Crippen LogP contribution in [0.3, 0.4) is 0 Å². The van der Waals surface area contributed by atoms with Crippen LogP contribution in [0.15, 0.2) is 34.7 Å². The van der Waals surface area contributed by atoms with Crippen molar-refractivity contribution in [3.8, 4) is 0 Å². The highest BCUT2D eigenvalue weighted by Crippen LogP contribution is 2.28. The van der Waals surface area contributed by atoms with Gasteiger partial charge in [-0.05, 0) is 44.2 Å². The second kappa shape index (κ2) is 7.55. The molecule has 1 aromatic heterocycles. The molecule has 0 fully saturated rings. The fourth-order valence-electron chi connectivity index (χ4n) is 2.51. The average molecular weight is 412 g/mol. The number of hydrogen-bond acceptors (Lipinski definition) is 4. The van der Waals surface area contributed by atoms with Crippen molar-refractivity contribution in [3.05, 3.63) is 64.1 Å². The first-order chi connectivity index (χ1) is 13.2. The molecule has 0 bridgehead atoms. The zero-order chi connectivity index (χ0) is 20.6. The van der Waals surface area contributed by atoms with Crippen LogP contribution in [0.2, 0.25) is 5.02 Å². The summed E-state index contributed by atoms with van der Waals surface area (Å²) in [6.45, 7) is 2.86. The molecule has 0 saturated carbocycles. The number of esters is 1. The molecule has 0 radical (unpaired) electrons. The largest absolute Gasteiger partial charge is 0.449 e. The molecule has 0 aliphatic heterocycles. The van der Waals surface area contributed by atoms with Gasteiger partial charge in [0.05, 0.1) is 5.69 Å². The van der Waals surface area contributed by atoms with E-state index in [2.05, 4.69) is 0 Å². The van der Waals surface area contributed by atoms with Gasteiger partial charge in [-0.3, -0.25) is 4.79 Å². The van der Waals surface area contributed by atoms with Gasteiger partial charge in [0.25, 0.3) is 5.91 Å². The molecular weight excluding hydrogens is 399 g/mol. The predicted octanol–water partition coefficient (Wildman–Crippen LogP) is 5.00. The first-order valence-electron chi connectivity index (χ1n) is 8.03. The topological polar surface area (TPSA) is 68.5 Å². The minimum Gasteiger partial charge on any atom is -0.449 e. The van der Waals surface area contributed by atoms with Crippen molar-refractivity contribution in [2.45, 2.75) is 20.0 Å². The van der Waals surface area contributed by atoms with E-state index in [1.807, 2.05) is 5.32 Å². The van der Waals surface area contributed by atoms with Crippen molar-refractivity contribution in [2.75, 3.05) is 5.32 Å². The molecule has 5 nitrogen and oxygen atoms in total. The first-order valence-corrected chi connectivity index (χ1v) is 8.40. The fourth-order valence-corrected chi connectivity index (χ4v) is 2.68. The zero-order valence-electron chi connectivity index (χ0n) is 14.6. The third kappa shape index (κ3) is 3.68. The molecule has 1 N–H and O–H groups in total. The maximum Gasteiger partial charge on any atom is 0.375 e. The minimum atomic E-state index is -1.72. The van der Waals surface area contributed by atoms with Crippen molar-refractivity contribution in [3.63, 3.8) is 0 Å². The Morgan fingerprint density at radius 2 is 1.86 bits per heavy atom. The molecule has 0 unspecified atom stereocenters. The average Bonchev–Trinajstić information content (AvgIpc) is 2.98. The Labute approximate surface area is 162 Å². The first kappa shape index (κ1) is 19.8. The van der Waals surface area contributed by atoms with Crippen LogP contribution in [0.25, 0.3) is 11.0 Å². The number of amides is 1. The molecule has 2 aromatic carbocycles. The van der Waals surface area contributed by atoms with E-state index in [0.29, 0.717) is 27.6 Å². The number of aryl methyl sites for hydroxylation is 1. The molecule has 1 atom stereocenters. The van der Waals surface area contributed by atoms with Crippen LogP contribution in [-0.2, 0) is 9.53 Å². The number of hydrogen-bond donors (Lipinski definition) is 1. The highest BCUT2D eigenvalue weighted by atomic mass is 35.5. The van der Waals surface area contributed by atoms with Crippen LogP contribution in [0.4, 0.5) is 18.9 Å². The lowest BCUT2D eigenvalue weighted by atomic mass is 10.1. The SMILES string of the molecule is Cc1c(C(=O)O[C@@H](C)C(=O)Nc2ccc(F)c(F)c2F)oc2ccc(Cl)cc12. The number of benzene rings is 2. The lowest BCUT2D eigenvalue weighted by Crippen LogP contribution is -2.30. The van der Waals surface area contributed by atoms with Gasteiger partial charge >= 0.3 is 5.97 Å².